The Morgan fingerprint density at radius 3 is 2.29 bits per heavy atom. The van der Waals surface area contributed by atoms with Crippen LogP contribution >= 0.6 is 0 Å². The summed E-state index contributed by atoms with van der Waals surface area (Å²) in [5.41, 5.74) is 0.892. The first-order chi connectivity index (χ1) is 9.76. The number of carbonyl (C=O) groups excluding carboxylic acids is 1. The Morgan fingerprint density at radius 1 is 1.24 bits per heavy atom. The number of benzene rings is 1. The van der Waals surface area contributed by atoms with Crippen molar-refractivity contribution in [1.29, 1.82) is 0 Å². The topological polar surface area (TPSA) is 113 Å². The van der Waals surface area contributed by atoms with Crippen molar-refractivity contribution < 1.29 is 23.1 Å². The lowest BCUT2D eigenvalue weighted by molar-refractivity contribution is -0.139. The minimum absolute atomic E-state index is 0.0145. The number of carbonyl (C=O) groups is 2. The van der Waals surface area contributed by atoms with Crippen LogP contribution in [0.15, 0.2) is 29.2 Å². The number of aliphatic carboxylic acids is 1. The summed E-state index contributed by atoms with van der Waals surface area (Å²) in [5, 5.41) is 11.4. The minimum Gasteiger partial charge on any atom is -0.480 e. The van der Waals surface area contributed by atoms with Gasteiger partial charge in [0.25, 0.3) is 0 Å². The summed E-state index contributed by atoms with van der Waals surface area (Å²) in [6.07, 6.45) is -0.204. The van der Waals surface area contributed by atoms with E-state index in [-0.39, 0.29) is 23.6 Å². The summed E-state index contributed by atoms with van der Waals surface area (Å²) in [5.74, 6) is -1.68. The molecule has 0 unspecified atom stereocenters. The summed E-state index contributed by atoms with van der Waals surface area (Å²) in [4.78, 5) is 22.2. The first-order valence-corrected chi connectivity index (χ1v) is 7.77. The summed E-state index contributed by atoms with van der Waals surface area (Å²) in [7, 11) is -2.51. The van der Waals surface area contributed by atoms with E-state index in [1.165, 1.54) is 19.2 Å². The third-order valence-electron chi connectivity index (χ3n) is 2.87. The smallest absolute Gasteiger partial charge is 0.321 e. The summed E-state index contributed by atoms with van der Waals surface area (Å²) < 4.78 is 26.3. The highest BCUT2D eigenvalue weighted by molar-refractivity contribution is 7.89. The van der Waals surface area contributed by atoms with Crippen LogP contribution in [0.3, 0.4) is 0 Å². The SMILES string of the molecule is CNC(=O)CC[C@@H](NS(=O)(=O)c1ccc(C)cc1)C(=O)O. The third kappa shape index (κ3) is 5.16. The van der Waals surface area contributed by atoms with Gasteiger partial charge in [-0.15, -0.1) is 0 Å². The summed E-state index contributed by atoms with van der Waals surface area (Å²) in [6, 6.07) is 4.68. The maximum atomic E-state index is 12.1. The van der Waals surface area contributed by atoms with Gasteiger partial charge in [-0.1, -0.05) is 17.7 Å². The van der Waals surface area contributed by atoms with Gasteiger partial charge in [0.1, 0.15) is 6.04 Å². The molecule has 0 aliphatic carbocycles. The number of aryl methyl sites for hydroxylation is 1. The van der Waals surface area contributed by atoms with Crippen molar-refractivity contribution in [2.45, 2.75) is 30.7 Å². The van der Waals surface area contributed by atoms with E-state index in [0.29, 0.717) is 0 Å². The fourth-order valence-corrected chi connectivity index (χ4v) is 2.83. The summed E-state index contributed by atoms with van der Waals surface area (Å²) >= 11 is 0. The number of sulfonamides is 1. The number of carboxylic acids is 1. The van der Waals surface area contributed by atoms with Gasteiger partial charge in [0.2, 0.25) is 15.9 Å². The Kier molecular flexibility index (Phi) is 5.86. The molecule has 0 aromatic heterocycles. The molecule has 3 N–H and O–H groups in total. The second-order valence-electron chi connectivity index (χ2n) is 4.54. The molecule has 0 fully saturated rings. The van der Waals surface area contributed by atoms with Crippen LogP contribution in [0.5, 0.6) is 0 Å². The minimum atomic E-state index is -3.94. The van der Waals surface area contributed by atoms with Crippen LogP contribution in [0.1, 0.15) is 18.4 Å². The third-order valence-corrected chi connectivity index (χ3v) is 4.35. The van der Waals surface area contributed by atoms with Crippen molar-refractivity contribution in [2.24, 2.45) is 0 Å². The van der Waals surface area contributed by atoms with Gasteiger partial charge >= 0.3 is 5.97 Å². The quantitative estimate of drug-likeness (QED) is 0.668. The van der Waals surface area contributed by atoms with E-state index in [1.54, 1.807) is 12.1 Å². The Hall–Kier alpha value is -1.93. The molecule has 0 aliphatic rings. The molecule has 8 heteroatoms. The molecule has 1 aromatic rings. The predicted octanol–water partition coefficient (Wildman–Crippen LogP) is 0.253. The molecule has 0 spiro atoms. The van der Waals surface area contributed by atoms with E-state index < -0.39 is 22.0 Å². The second-order valence-corrected chi connectivity index (χ2v) is 6.25. The van der Waals surface area contributed by atoms with Crippen LogP contribution < -0.4 is 10.0 Å². The van der Waals surface area contributed by atoms with Gasteiger partial charge in [-0.2, -0.15) is 4.72 Å². The standard InChI is InChI=1S/C13H18N2O5S/c1-9-3-5-10(6-4-9)21(19,20)15-11(13(17)18)7-8-12(16)14-2/h3-6,11,15H,7-8H2,1-2H3,(H,14,16)(H,17,18)/t11-/m1/s1. The molecule has 0 saturated heterocycles. The zero-order valence-corrected chi connectivity index (χ0v) is 12.6. The lowest BCUT2D eigenvalue weighted by Crippen LogP contribution is -2.41. The van der Waals surface area contributed by atoms with Gasteiger partial charge in [-0.25, -0.2) is 8.42 Å². The number of nitrogens with one attached hydrogen (secondary N) is 2. The van der Waals surface area contributed by atoms with E-state index in [9.17, 15) is 18.0 Å². The van der Waals surface area contributed by atoms with Crippen LogP contribution in [-0.4, -0.2) is 38.5 Å². The highest BCUT2D eigenvalue weighted by atomic mass is 32.2. The highest BCUT2D eigenvalue weighted by Crippen LogP contribution is 2.12. The van der Waals surface area contributed by atoms with Crippen LogP contribution in [0, 0.1) is 6.92 Å². The highest BCUT2D eigenvalue weighted by Gasteiger charge is 2.25. The number of amides is 1. The van der Waals surface area contributed by atoms with E-state index in [0.717, 1.165) is 5.56 Å². The molecule has 0 aliphatic heterocycles. The van der Waals surface area contributed by atoms with Gasteiger partial charge in [0.15, 0.2) is 0 Å². The fraction of sp³-hybridized carbons (Fsp3) is 0.385. The van der Waals surface area contributed by atoms with E-state index in [1.807, 2.05) is 6.92 Å². The molecule has 0 heterocycles. The first kappa shape index (κ1) is 17.1. The second kappa shape index (κ2) is 7.19. The van der Waals surface area contributed by atoms with E-state index in [2.05, 4.69) is 10.0 Å². The number of hydrogen-bond donors (Lipinski definition) is 3. The number of hydrogen-bond acceptors (Lipinski definition) is 4. The molecule has 0 bridgehead atoms. The maximum absolute atomic E-state index is 12.1. The predicted molar refractivity (Wildman–Crippen MR) is 76.2 cm³/mol. The monoisotopic (exact) mass is 314 g/mol. The van der Waals surface area contributed by atoms with Gasteiger partial charge in [0.05, 0.1) is 4.90 Å². The molecule has 1 atom stereocenters. The average molecular weight is 314 g/mol. The molecular weight excluding hydrogens is 296 g/mol. The van der Waals surface area contributed by atoms with Gasteiger partial charge in [0, 0.05) is 13.5 Å². The maximum Gasteiger partial charge on any atom is 0.321 e. The molecular formula is C13H18N2O5S. The van der Waals surface area contributed by atoms with Crippen molar-refractivity contribution in [2.75, 3.05) is 7.05 Å². The van der Waals surface area contributed by atoms with Crippen LogP contribution in [-0.2, 0) is 19.6 Å². The lowest BCUT2D eigenvalue weighted by Gasteiger charge is -2.14. The lowest BCUT2D eigenvalue weighted by atomic mass is 10.1. The van der Waals surface area contributed by atoms with Crippen molar-refractivity contribution in [3.8, 4) is 0 Å². The Balaban J connectivity index is 2.84. The van der Waals surface area contributed by atoms with Gasteiger partial charge < -0.3 is 10.4 Å². The number of carboxylic acid groups (broad SMARTS) is 1. The number of rotatable bonds is 7. The molecule has 1 aromatic carbocycles. The molecule has 7 nitrogen and oxygen atoms in total. The van der Waals surface area contributed by atoms with Crippen molar-refractivity contribution in [1.82, 2.24) is 10.0 Å². The Morgan fingerprint density at radius 2 is 1.81 bits per heavy atom. The molecule has 1 rings (SSSR count). The summed E-state index contributed by atoms with van der Waals surface area (Å²) in [6.45, 7) is 1.81. The molecule has 116 valence electrons. The zero-order valence-electron chi connectivity index (χ0n) is 11.8. The molecule has 1 amide bonds. The Bertz CT molecular complexity index is 610. The van der Waals surface area contributed by atoms with Crippen LogP contribution in [0.2, 0.25) is 0 Å². The first-order valence-electron chi connectivity index (χ1n) is 6.28. The largest absolute Gasteiger partial charge is 0.480 e. The fourth-order valence-electron chi connectivity index (χ4n) is 1.61. The van der Waals surface area contributed by atoms with Crippen molar-refractivity contribution >= 4 is 21.9 Å². The molecule has 0 saturated carbocycles. The average Bonchev–Trinajstić information content (AvgIpc) is 2.43. The van der Waals surface area contributed by atoms with Gasteiger partial charge in [-0.3, -0.25) is 9.59 Å². The zero-order chi connectivity index (χ0) is 16.0. The molecule has 21 heavy (non-hydrogen) atoms. The van der Waals surface area contributed by atoms with Crippen LogP contribution in [0.25, 0.3) is 0 Å². The Labute approximate surface area is 123 Å². The van der Waals surface area contributed by atoms with E-state index in [4.69, 9.17) is 5.11 Å². The van der Waals surface area contributed by atoms with E-state index >= 15 is 0 Å². The normalized spacial score (nSPS) is 12.7. The van der Waals surface area contributed by atoms with Crippen LogP contribution in [0.4, 0.5) is 0 Å². The molecule has 0 radical (unpaired) electrons. The van der Waals surface area contributed by atoms with Crippen molar-refractivity contribution in [3.63, 3.8) is 0 Å². The van der Waals surface area contributed by atoms with Crippen molar-refractivity contribution in [3.05, 3.63) is 29.8 Å². The van der Waals surface area contributed by atoms with Gasteiger partial charge in [-0.05, 0) is 25.5 Å².